The Labute approximate surface area is 94.7 Å². The lowest BCUT2D eigenvalue weighted by molar-refractivity contribution is 0.627. The summed E-state index contributed by atoms with van der Waals surface area (Å²) in [5.41, 5.74) is 8.98. The SMILES string of the molecule is NCc1ccc(Cc2ccc(F)cc2)cc1. The van der Waals surface area contributed by atoms with Crippen molar-refractivity contribution in [3.63, 3.8) is 0 Å². The normalized spacial score (nSPS) is 10.4. The average molecular weight is 215 g/mol. The first kappa shape index (κ1) is 10.8. The predicted molar refractivity (Wildman–Crippen MR) is 63.5 cm³/mol. The molecule has 82 valence electrons. The zero-order chi connectivity index (χ0) is 11.4. The van der Waals surface area contributed by atoms with Crippen LogP contribution < -0.4 is 5.73 Å². The van der Waals surface area contributed by atoms with Crippen molar-refractivity contribution in [2.24, 2.45) is 5.73 Å². The number of hydrogen-bond acceptors (Lipinski definition) is 1. The molecule has 2 rings (SSSR count). The number of hydrogen-bond donors (Lipinski definition) is 1. The van der Waals surface area contributed by atoms with Gasteiger partial charge < -0.3 is 5.73 Å². The molecule has 0 aliphatic carbocycles. The summed E-state index contributed by atoms with van der Waals surface area (Å²) in [5, 5.41) is 0. The summed E-state index contributed by atoms with van der Waals surface area (Å²) in [5.74, 6) is -0.192. The molecule has 0 fully saturated rings. The van der Waals surface area contributed by atoms with E-state index in [4.69, 9.17) is 5.73 Å². The molecule has 0 heterocycles. The summed E-state index contributed by atoms with van der Waals surface area (Å²) in [6.45, 7) is 0.566. The van der Waals surface area contributed by atoms with Gasteiger partial charge in [-0.05, 0) is 35.2 Å². The first-order valence-electron chi connectivity index (χ1n) is 5.30. The van der Waals surface area contributed by atoms with Gasteiger partial charge in [-0.25, -0.2) is 4.39 Å². The van der Waals surface area contributed by atoms with Crippen molar-refractivity contribution in [2.75, 3.05) is 0 Å². The third kappa shape index (κ3) is 2.67. The molecule has 0 aliphatic heterocycles. The molecule has 2 N–H and O–H groups in total. The van der Waals surface area contributed by atoms with Crippen molar-refractivity contribution in [1.82, 2.24) is 0 Å². The van der Waals surface area contributed by atoms with Gasteiger partial charge in [0.1, 0.15) is 5.82 Å². The fraction of sp³-hybridized carbons (Fsp3) is 0.143. The van der Waals surface area contributed by atoms with Crippen molar-refractivity contribution < 1.29 is 4.39 Å². The monoisotopic (exact) mass is 215 g/mol. The Morgan fingerprint density at radius 2 is 1.19 bits per heavy atom. The molecule has 2 aromatic carbocycles. The van der Waals surface area contributed by atoms with Crippen LogP contribution in [0, 0.1) is 5.82 Å². The molecule has 0 unspecified atom stereocenters. The minimum atomic E-state index is -0.192. The van der Waals surface area contributed by atoms with E-state index >= 15 is 0 Å². The number of rotatable bonds is 3. The van der Waals surface area contributed by atoms with Gasteiger partial charge in [0.05, 0.1) is 0 Å². The second-order valence-corrected chi connectivity index (χ2v) is 3.82. The van der Waals surface area contributed by atoms with Crippen LogP contribution in [0.5, 0.6) is 0 Å². The van der Waals surface area contributed by atoms with Crippen LogP contribution in [-0.4, -0.2) is 0 Å². The summed E-state index contributed by atoms with van der Waals surface area (Å²) >= 11 is 0. The lowest BCUT2D eigenvalue weighted by atomic mass is 10.0. The molecule has 1 nitrogen and oxygen atoms in total. The van der Waals surface area contributed by atoms with Crippen LogP contribution in [0.2, 0.25) is 0 Å². The van der Waals surface area contributed by atoms with Gasteiger partial charge in [0, 0.05) is 6.54 Å². The highest BCUT2D eigenvalue weighted by Gasteiger charge is 1.97. The van der Waals surface area contributed by atoms with Crippen molar-refractivity contribution in [2.45, 2.75) is 13.0 Å². The highest BCUT2D eigenvalue weighted by Crippen LogP contribution is 2.11. The Bertz CT molecular complexity index is 445. The van der Waals surface area contributed by atoms with E-state index in [2.05, 4.69) is 12.1 Å². The van der Waals surface area contributed by atoms with Crippen LogP contribution >= 0.6 is 0 Å². The zero-order valence-electron chi connectivity index (χ0n) is 8.99. The summed E-state index contributed by atoms with van der Waals surface area (Å²) in [6, 6.07) is 14.8. The van der Waals surface area contributed by atoms with E-state index in [0.717, 1.165) is 17.5 Å². The predicted octanol–water partition coefficient (Wildman–Crippen LogP) is 2.88. The van der Waals surface area contributed by atoms with E-state index in [0.29, 0.717) is 6.54 Å². The quantitative estimate of drug-likeness (QED) is 0.837. The fourth-order valence-corrected chi connectivity index (χ4v) is 1.63. The molecule has 0 spiro atoms. The standard InChI is InChI=1S/C14H14FN/c15-14-7-5-12(6-8-14)9-11-1-3-13(10-16)4-2-11/h1-8H,9-10,16H2. The van der Waals surface area contributed by atoms with E-state index in [1.165, 1.54) is 17.7 Å². The van der Waals surface area contributed by atoms with Gasteiger partial charge in [0.15, 0.2) is 0 Å². The summed E-state index contributed by atoms with van der Waals surface area (Å²) in [4.78, 5) is 0. The third-order valence-corrected chi connectivity index (χ3v) is 2.58. The molecule has 2 heteroatoms. The highest BCUT2D eigenvalue weighted by atomic mass is 19.1. The number of benzene rings is 2. The van der Waals surface area contributed by atoms with Gasteiger partial charge in [-0.3, -0.25) is 0 Å². The van der Waals surface area contributed by atoms with Crippen molar-refractivity contribution in [1.29, 1.82) is 0 Å². The maximum absolute atomic E-state index is 12.7. The lowest BCUT2D eigenvalue weighted by Crippen LogP contribution is -1.96. The molecule has 0 saturated carbocycles. The van der Waals surface area contributed by atoms with E-state index in [1.54, 1.807) is 0 Å². The Morgan fingerprint density at radius 1 is 0.750 bits per heavy atom. The molecule has 16 heavy (non-hydrogen) atoms. The molecule has 2 aromatic rings. The summed E-state index contributed by atoms with van der Waals surface area (Å²) in [7, 11) is 0. The molecule has 0 aromatic heterocycles. The molecule has 0 amide bonds. The lowest BCUT2D eigenvalue weighted by Gasteiger charge is -2.03. The minimum Gasteiger partial charge on any atom is -0.326 e. The van der Waals surface area contributed by atoms with Crippen LogP contribution in [0.1, 0.15) is 16.7 Å². The van der Waals surface area contributed by atoms with Gasteiger partial charge in [-0.2, -0.15) is 0 Å². The maximum atomic E-state index is 12.7. The van der Waals surface area contributed by atoms with Gasteiger partial charge in [0.2, 0.25) is 0 Å². The smallest absolute Gasteiger partial charge is 0.123 e. The van der Waals surface area contributed by atoms with Gasteiger partial charge >= 0.3 is 0 Å². The molecular weight excluding hydrogens is 201 g/mol. The zero-order valence-corrected chi connectivity index (χ0v) is 8.99. The van der Waals surface area contributed by atoms with Crippen LogP contribution in [-0.2, 0) is 13.0 Å². The van der Waals surface area contributed by atoms with Crippen LogP contribution in [0.25, 0.3) is 0 Å². The Morgan fingerprint density at radius 3 is 1.69 bits per heavy atom. The topological polar surface area (TPSA) is 26.0 Å². The molecule has 0 aliphatic rings. The summed E-state index contributed by atoms with van der Waals surface area (Å²) in [6.07, 6.45) is 0.825. The second-order valence-electron chi connectivity index (χ2n) is 3.82. The van der Waals surface area contributed by atoms with Gasteiger partial charge in [0.25, 0.3) is 0 Å². The molecule has 0 saturated heterocycles. The Hall–Kier alpha value is -1.67. The van der Waals surface area contributed by atoms with Crippen LogP contribution in [0.4, 0.5) is 4.39 Å². The average Bonchev–Trinajstić information content (AvgIpc) is 2.33. The van der Waals surface area contributed by atoms with Crippen molar-refractivity contribution in [3.8, 4) is 0 Å². The number of nitrogens with two attached hydrogens (primary N) is 1. The largest absolute Gasteiger partial charge is 0.326 e. The Kier molecular flexibility index (Phi) is 3.32. The third-order valence-electron chi connectivity index (χ3n) is 2.58. The van der Waals surface area contributed by atoms with Crippen molar-refractivity contribution >= 4 is 0 Å². The van der Waals surface area contributed by atoms with Crippen LogP contribution in [0.3, 0.4) is 0 Å². The van der Waals surface area contributed by atoms with E-state index in [9.17, 15) is 4.39 Å². The molecular formula is C14H14FN. The van der Waals surface area contributed by atoms with E-state index in [-0.39, 0.29) is 5.82 Å². The van der Waals surface area contributed by atoms with E-state index in [1.807, 2.05) is 24.3 Å². The Balaban J connectivity index is 2.11. The van der Waals surface area contributed by atoms with E-state index < -0.39 is 0 Å². The van der Waals surface area contributed by atoms with Gasteiger partial charge in [-0.15, -0.1) is 0 Å². The molecule has 0 radical (unpaired) electrons. The molecule has 0 bridgehead atoms. The van der Waals surface area contributed by atoms with Crippen molar-refractivity contribution in [3.05, 3.63) is 71.0 Å². The fourth-order valence-electron chi connectivity index (χ4n) is 1.63. The van der Waals surface area contributed by atoms with Crippen LogP contribution in [0.15, 0.2) is 48.5 Å². The molecule has 0 atom stereocenters. The van der Waals surface area contributed by atoms with Gasteiger partial charge in [-0.1, -0.05) is 36.4 Å². The first-order chi connectivity index (χ1) is 7.78. The summed E-state index contributed by atoms with van der Waals surface area (Å²) < 4.78 is 12.7. The number of halogens is 1. The maximum Gasteiger partial charge on any atom is 0.123 e. The first-order valence-corrected chi connectivity index (χ1v) is 5.30. The highest BCUT2D eigenvalue weighted by molar-refractivity contribution is 5.28. The minimum absolute atomic E-state index is 0.192. The second kappa shape index (κ2) is 4.90.